The van der Waals surface area contributed by atoms with Gasteiger partial charge in [0.1, 0.15) is 5.75 Å². The van der Waals surface area contributed by atoms with E-state index in [0.717, 1.165) is 88.0 Å². The van der Waals surface area contributed by atoms with Crippen molar-refractivity contribution in [2.45, 2.75) is 37.5 Å². The summed E-state index contributed by atoms with van der Waals surface area (Å²) in [6.07, 6.45) is 6.81. The van der Waals surface area contributed by atoms with Crippen molar-refractivity contribution < 1.29 is 9.90 Å². The quantitative estimate of drug-likeness (QED) is 0.534. The molecule has 6 rings (SSSR count). The average Bonchev–Trinajstić information content (AvgIpc) is 3.53. The van der Waals surface area contributed by atoms with Gasteiger partial charge in [-0.05, 0) is 80.8 Å². The van der Waals surface area contributed by atoms with Crippen molar-refractivity contribution in [3.63, 3.8) is 0 Å². The molecule has 38 heavy (non-hydrogen) atoms. The van der Waals surface area contributed by atoms with Crippen LogP contribution in [0.5, 0.6) is 5.75 Å². The first-order valence-electron chi connectivity index (χ1n) is 14.1. The topological polar surface area (TPSA) is 81.6 Å². The normalized spacial score (nSPS) is 21.9. The predicted molar refractivity (Wildman–Crippen MR) is 149 cm³/mol. The minimum atomic E-state index is -0.500. The third-order valence-corrected chi connectivity index (χ3v) is 9.13. The van der Waals surface area contributed by atoms with Gasteiger partial charge in [0.2, 0.25) is 5.91 Å². The van der Waals surface area contributed by atoms with Gasteiger partial charge in [0.05, 0.1) is 23.0 Å². The lowest BCUT2D eigenvalue weighted by Gasteiger charge is -2.46. The van der Waals surface area contributed by atoms with Crippen LogP contribution in [-0.4, -0.2) is 65.4 Å². The van der Waals surface area contributed by atoms with Crippen LogP contribution < -0.4 is 10.2 Å². The standard InChI is InChI=1S/C31H37N5O2/c37-29-9-5-4-8-27(29)28-20-26(22-33-34-28)35-18-13-31(14-19-35,25-6-2-1-3-7-25)30(38)36-16-11-23(12-17-36)24-10-15-32-21-24/h1-9,20,22-24,32,37H,10-19,21H2. The molecule has 4 heterocycles. The summed E-state index contributed by atoms with van der Waals surface area (Å²) in [6, 6.07) is 19.6. The summed E-state index contributed by atoms with van der Waals surface area (Å²) in [5, 5.41) is 22.3. The van der Waals surface area contributed by atoms with Crippen LogP contribution in [0.4, 0.5) is 5.69 Å². The second-order valence-corrected chi connectivity index (χ2v) is 11.1. The Labute approximate surface area is 224 Å². The summed E-state index contributed by atoms with van der Waals surface area (Å²) in [4.78, 5) is 18.7. The Bertz CT molecular complexity index is 1240. The van der Waals surface area contributed by atoms with Gasteiger partial charge in [0, 0.05) is 31.7 Å². The first kappa shape index (κ1) is 24.9. The van der Waals surface area contributed by atoms with Gasteiger partial charge in [-0.15, -0.1) is 0 Å². The Morgan fingerprint density at radius 3 is 2.37 bits per heavy atom. The Hall–Kier alpha value is -3.45. The molecule has 3 saturated heterocycles. The molecule has 3 aliphatic heterocycles. The Kier molecular flexibility index (Phi) is 7.02. The molecule has 0 saturated carbocycles. The number of hydrogen-bond donors (Lipinski definition) is 2. The second-order valence-electron chi connectivity index (χ2n) is 11.1. The maximum absolute atomic E-state index is 14.3. The molecule has 3 aromatic rings. The van der Waals surface area contributed by atoms with E-state index in [1.807, 2.05) is 24.3 Å². The summed E-state index contributed by atoms with van der Waals surface area (Å²) in [7, 11) is 0. The number of carbonyl (C=O) groups excluding carboxylic acids is 1. The van der Waals surface area contributed by atoms with Gasteiger partial charge >= 0.3 is 0 Å². The van der Waals surface area contributed by atoms with Crippen molar-refractivity contribution in [3.05, 3.63) is 72.4 Å². The van der Waals surface area contributed by atoms with E-state index in [-0.39, 0.29) is 5.75 Å². The molecule has 2 N–H and O–H groups in total. The van der Waals surface area contributed by atoms with E-state index in [2.05, 4.69) is 49.6 Å². The number of aromatic nitrogens is 2. The number of benzene rings is 2. The molecule has 1 aromatic heterocycles. The van der Waals surface area contributed by atoms with Crippen LogP contribution in [0, 0.1) is 11.8 Å². The van der Waals surface area contributed by atoms with Crippen LogP contribution in [0.25, 0.3) is 11.3 Å². The van der Waals surface area contributed by atoms with Crippen molar-refractivity contribution in [2.24, 2.45) is 11.8 Å². The van der Waals surface area contributed by atoms with Gasteiger partial charge in [0.25, 0.3) is 0 Å². The molecule has 0 aliphatic carbocycles. The summed E-state index contributed by atoms with van der Waals surface area (Å²) in [5.74, 6) is 2.00. The number of nitrogens with zero attached hydrogens (tertiary/aromatic N) is 4. The second kappa shape index (κ2) is 10.7. The number of para-hydroxylation sites is 1. The highest BCUT2D eigenvalue weighted by atomic mass is 16.3. The smallest absolute Gasteiger partial charge is 0.233 e. The lowest BCUT2D eigenvalue weighted by Crippen LogP contribution is -2.54. The minimum Gasteiger partial charge on any atom is -0.507 e. The Morgan fingerprint density at radius 1 is 0.921 bits per heavy atom. The zero-order valence-corrected chi connectivity index (χ0v) is 21.9. The first-order chi connectivity index (χ1) is 18.6. The fraction of sp³-hybridized carbons (Fsp3) is 0.452. The molecule has 7 heteroatoms. The highest BCUT2D eigenvalue weighted by Crippen LogP contribution is 2.40. The molecule has 2 aromatic carbocycles. The van der Waals surface area contributed by atoms with E-state index in [0.29, 0.717) is 17.2 Å². The molecule has 1 unspecified atom stereocenters. The molecule has 1 amide bonds. The number of likely N-dealkylation sites (tertiary alicyclic amines) is 1. The van der Waals surface area contributed by atoms with E-state index < -0.39 is 5.41 Å². The predicted octanol–water partition coefficient (Wildman–Crippen LogP) is 4.24. The van der Waals surface area contributed by atoms with Crippen LogP contribution >= 0.6 is 0 Å². The molecule has 198 valence electrons. The molecule has 3 fully saturated rings. The maximum Gasteiger partial charge on any atom is 0.233 e. The zero-order valence-electron chi connectivity index (χ0n) is 21.9. The molecular weight excluding hydrogens is 474 g/mol. The zero-order chi connectivity index (χ0) is 26.0. The fourth-order valence-corrected chi connectivity index (χ4v) is 6.84. The van der Waals surface area contributed by atoms with Crippen molar-refractivity contribution in [2.75, 3.05) is 44.2 Å². The number of nitrogens with one attached hydrogen (secondary N) is 1. The van der Waals surface area contributed by atoms with Crippen LogP contribution in [0.15, 0.2) is 66.9 Å². The van der Waals surface area contributed by atoms with Crippen molar-refractivity contribution in [1.82, 2.24) is 20.4 Å². The number of phenolic OH excluding ortho intramolecular Hbond substituents is 1. The number of hydrogen-bond acceptors (Lipinski definition) is 6. The summed E-state index contributed by atoms with van der Waals surface area (Å²) in [5.41, 5.74) is 2.93. The Morgan fingerprint density at radius 2 is 1.66 bits per heavy atom. The number of rotatable bonds is 5. The number of piperidine rings is 2. The molecule has 0 radical (unpaired) electrons. The van der Waals surface area contributed by atoms with Crippen molar-refractivity contribution in [1.29, 1.82) is 0 Å². The van der Waals surface area contributed by atoms with E-state index in [1.54, 1.807) is 18.3 Å². The van der Waals surface area contributed by atoms with Gasteiger partial charge in [-0.2, -0.15) is 10.2 Å². The number of anilines is 1. The molecule has 3 aliphatic rings. The molecule has 0 spiro atoms. The SMILES string of the molecule is O=C(N1CCC(C2CCNC2)CC1)C1(c2ccccc2)CCN(c2cnnc(-c3ccccc3O)c2)CC1. The molecular formula is C31H37N5O2. The average molecular weight is 512 g/mol. The van der Waals surface area contributed by atoms with Gasteiger partial charge in [0.15, 0.2) is 0 Å². The number of aromatic hydroxyl groups is 1. The van der Waals surface area contributed by atoms with Gasteiger partial charge in [-0.25, -0.2) is 0 Å². The number of amides is 1. The summed E-state index contributed by atoms with van der Waals surface area (Å²) in [6.45, 7) is 5.54. The summed E-state index contributed by atoms with van der Waals surface area (Å²) >= 11 is 0. The number of carbonyl (C=O) groups is 1. The summed E-state index contributed by atoms with van der Waals surface area (Å²) < 4.78 is 0. The van der Waals surface area contributed by atoms with Crippen LogP contribution in [0.3, 0.4) is 0 Å². The lowest BCUT2D eigenvalue weighted by molar-refractivity contribution is -0.140. The van der Waals surface area contributed by atoms with E-state index in [1.165, 1.54) is 6.42 Å². The Balaban J connectivity index is 1.20. The van der Waals surface area contributed by atoms with Gasteiger partial charge in [-0.1, -0.05) is 42.5 Å². The fourth-order valence-electron chi connectivity index (χ4n) is 6.84. The number of phenols is 1. The third-order valence-electron chi connectivity index (χ3n) is 9.13. The third kappa shape index (κ3) is 4.75. The molecule has 0 bridgehead atoms. The maximum atomic E-state index is 14.3. The van der Waals surface area contributed by atoms with E-state index in [9.17, 15) is 9.90 Å². The molecule has 1 atom stereocenters. The van der Waals surface area contributed by atoms with Crippen molar-refractivity contribution in [3.8, 4) is 17.0 Å². The van der Waals surface area contributed by atoms with Crippen LogP contribution in [-0.2, 0) is 10.2 Å². The first-order valence-corrected chi connectivity index (χ1v) is 14.1. The van der Waals surface area contributed by atoms with Gasteiger partial charge in [-0.3, -0.25) is 4.79 Å². The van der Waals surface area contributed by atoms with Crippen molar-refractivity contribution >= 4 is 11.6 Å². The van der Waals surface area contributed by atoms with Crippen LogP contribution in [0.2, 0.25) is 0 Å². The highest BCUT2D eigenvalue weighted by Gasteiger charge is 2.46. The largest absolute Gasteiger partial charge is 0.507 e. The van der Waals surface area contributed by atoms with Crippen LogP contribution in [0.1, 0.15) is 37.7 Å². The van der Waals surface area contributed by atoms with Gasteiger partial charge < -0.3 is 20.2 Å². The van der Waals surface area contributed by atoms with E-state index >= 15 is 0 Å². The minimum absolute atomic E-state index is 0.194. The monoisotopic (exact) mass is 511 g/mol. The highest BCUT2D eigenvalue weighted by molar-refractivity contribution is 5.89. The lowest BCUT2D eigenvalue weighted by atomic mass is 9.71. The molecule has 7 nitrogen and oxygen atoms in total. The van der Waals surface area contributed by atoms with E-state index in [4.69, 9.17) is 0 Å².